The Kier molecular flexibility index (Phi) is 5.96. The number of amides is 2. The van der Waals surface area contributed by atoms with Crippen LogP contribution in [-0.2, 0) is 16.2 Å². The van der Waals surface area contributed by atoms with E-state index in [2.05, 4.69) is 5.32 Å². The van der Waals surface area contributed by atoms with Crippen molar-refractivity contribution in [3.05, 3.63) is 90.0 Å². The molecular weight excluding hydrogens is 366 g/mol. The van der Waals surface area contributed by atoms with Crippen LogP contribution in [0.1, 0.15) is 5.56 Å². The first-order chi connectivity index (χ1) is 13.5. The van der Waals surface area contributed by atoms with Crippen molar-refractivity contribution >= 4 is 23.2 Å². The molecule has 0 saturated carbocycles. The van der Waals surface area contributed by atoms with Crippen molar-refractivity contribution in [2.75, 3.05) is 10.6 Å². The molecule has 0 radical (unpaired) electrons. The SMILES string of the molecule is O=C(Nc1ccc(OCc2ccccc2)cc1)C(=O)Nc1c(F)cccc1F. The molecule has 0 aliphatic heterocycles. The molecule has 28 heavy (non-hydrogen) atoms. The van der Waals surface area contributed by atoms with Crippen molar-refractivity contribution in [2.45, 2.75) is 6.61 Å². The van der Waals surface area contributed by atoms with Crippen molar-refractivity contribution in [2.24, 2.45) is 0 Å². The summed E-state index contributed by atoms with van der Waals surface area (Å²) in [7, 11) is 0. The Bertz CT molecular complexity index is 956. The molecule has 0 aromatic heterocycles. The fourth-order valence-corrected chi connectivity index (χ4v) is 2.35. The van der Waals surface area contributed by atoms with Crippen molar-refractivity contribution in [3.63, 3.8) is 0 Å². The molecular formula is C21H16F2N2O3. The van der Waals surface area contributed by atoms with Gasteiger partial charge in [-0.05, 0) is 42.0 Å². The monoisotopic (exact) mass is 382 g/mol. The lowest BCUT2D eigenvalue weighted by atomic mass is 10.2. The Morgan fingerprint density at radius 3 is 2.00 bits per heavy atom. The van der Waals surface area contributed by atoms with Gasteiger partial charge in [-0.25, -0.2) is 8.78 Å². The van der Waals surface area contributed by atoms with Gasteiger partial charge in [0.25, 0.3) is 0 Å². The third kappa shape index (κ3) is 4.91. The minimum atomic E-state index is -1.19. The van der Waals surface area contributed by atoms with E-state index in [9.17, 15) is 18.4 Å². The zero-order valence-electron chi connectivity index (χ0n) is 14.6. The standard InChI is InChI=1S/C21H16F2N2O3/c22-17-7-4-8-18(23)19(17)25-21(27)20(26)24-15-9-11-16(12-10-15)28-13-14-5-2-1-3-6-14/h1-12H,13H2,(H,24,26)(H,25,27). The highest BCUT2D eigenvalue weighted by Gasteiger charge is 2.18. The van der Waals surface area contributed by atoms with E-state index in [0.29, 0.717) is 18.0 Å². The van der Waals surface area contributed by atoms with E-state index in [4.69, 9.17) is 4.74 Å². The van der Waals surface area contributed by atoms with Crippen LogP contribution in [0.4, 0.5) is 20.2 Å². The molecule has 0 aliphatic rings. The maximum absolute atomic E-state index is 13.5. The Morgan fingerprint density at radius 1 is 0.750 bits per heavy atom. The molecule has 0 fully saturated rings. The second-order valence-electron chi connectivity index (χ2n) is 5.80. The molecule has 3 aromatic rings. The molecule has 2 N–H and O–H groups in total. The van der Waals surface area contributed by atoms with Gasteiger partial charge in [-0.2, -0.15) is 0 Å². The summed E-state index contributed by atoms with van der Waals surface area (Å²) in [6, 6.07) is 19.1. The molecule has 0 unspecified atom stereocenters. The lowest BCUT2D eigenvalue weighted by molar-refractivity contribution is -0.133. The van der Waals surface area contributed by atoms with Gasteiger partial charge < -0.3 is 15.4 Å². The quantitative estimate of drug-likeness (QED) is 0.653. The van der Waals surface area contributed by atoms with Crippen molar-refractivity contribution in [1.29, 1.82) is 0 Å². The fourth-order valence-electron chi connectivity index (χ4n) is 2.35. The van der Waals surface area contributed by atoms with Crippen molar-refractivity contribution < 1.29 is 23.1 Å². The summed E-state index contributed by atoms with van der Waals surface area (Å²) in [5.74, 6) is -3.60. The van der Waals surface area contributed by atoms with Crippen LogP contribution >= 0.6 is 0 Å². The molecule has 0 spiro atoms. The van der Waals surface area contributed by atoms with Crippen molar-refractivity contribution in [3.8, 4) is 5.75 Å². The average Bonchev–Trinajstić information content (AvgIpc) is 2.71. The number of nitrogens with one attached hydrogen (secondary N) is 2. The van der Waals surface area contributed by atoms with Gasteiger partial charge in [-0.3, -0.25) is 9.59 Å². The van der Waals surface area contributed by atoms with Crippen molar-refractivity contribution in [1.82, 2.24) is 0 Å². The normalized spacial score (nSPS) is 10.2. The first-order valence-electron chi connectivity index (χ1n) is 8.36. The second kappa shape index (κ2) is 8.77. The van der Waals surface area contributed by atoms with Crippen LogP contribution in [0.15, 0.2) is 72.8 Å². The van der Waals surface area contributed by atoms with E-state index in [1.54, 1.807) is 24.3 Å². The number of benzene rings is 3. The molecule has 5 nitrogen and oxygen atoms in total. The maximum Gasteiger partial charge on any atom is 0.314 e. The van der Waals surface area contributed by atoms with Crippen LogP contribution in [0.2, 0.25) is 0 Å². The summed E-state index contributed by atoms with van der Waals surface area (Å²) in [5.41, 5.74) is 0.672. The third-order valence-corrected chi connectivity index (χ3v) is 3.77. The summed E-state index contributed by atoms with van der Waals surface area (Å²) < 4.78 is 32.7. The van der Waals surface area contributed by atoms with Gasteiger partial charge in [0.15, 0.2) is 0 Å². The predicted molar refractivity (Wildman–Crippen MR) is 101 cm³/mol. The highest BCUT2D eigenvalue weighted by atomic mass is 19.1. The predicted octanol–water partition coefficient (Wildman–Crippen LogP) is 4.12. The Labute approximate surface area is 160 Å². The van der Waals surface area contributed by atoms with Gasteiger partial charge >= 0.3 is 11.8 Å². The molecule has 2 amide bonds. The maximum atomic E-state index is 13.5. The van der Waals surface area contributed by atoms with E-state index < -0.39 is 29.1 Å². The summed E-state index contributed by atoms with van der Waals surface area (Å²) in [4.78, 5) is 23.8. The van der Waals surface area contributed by atoms with E-state index in [1.807, 2.05) is 35.6 Å². The first-order valence-corrected chi connectivity index (χ1v) is 8.36. The molecule has 0 bridgehead atoms. The van der Waals surface area contributed by atoms with Gasteiger partial charge in [0.05, 0.1) is 0 Å². The van der Waals surface area contributed by atoms with Crippen LogP contribution in [0.3, 0.4) is 0 Å². The highest BCUT2D eigenvalue weighted by molar-refractivity contribution is 6.43. The largest absolute Gasteiger partial charge is 0.489 e. The Hall–Kier alpha value is -3.74. The van der Waals surface area contributed by atoms with E-state index in [-0.39, 0.29) is 0 Å². The molecule has 0 saturated heterocycles. The number of anilines is 2. The molecule has 3 aromatic carbocycles. The number of para-hydroxylation sites is 1. The second-order valence-corrected chi connectivity index (χ2v) is 5.80. The van der Waals surface area contributed by atoms with Gasteiger partial charge in [0, 0.05) is 5.69 Å². The number of carbonyl (C=O) groups is 2. The van der Waals surface area contributed by atoms with Crippen LogP contribution in [0, 0.1) is 11.6 Å². The minimum Gasteiger partial charge on any atom is -0.489 e. The van der Waals surface area contributed by atoms with E-state index >= 15 is 0 Å². The van der Waals surface area contributed by atoms with Crippen LogP contribution in [-0.4, -0.2) is 11.8 Å². The third-order valence-electron chi connectivity index (χ3n) is 3.77. The van der Waals surface area contributed by atoms with Gasteiger partial charge in [0.1, 0.15) is 29.7 Å². The molecule has 0 heterocycles. The van der Waals surface area contributed by atoms with Gasteiger partial charge in [0.2, 0.25) is 0 Å². The summed E-state index contributed by atoms with van der Waals surface area (Å²) in [6.07, 6.45) is 0. The zero-order chi connectivity index (χ0) is 19.9. The summed E-state index contributed by atoms with van der Waals surface area (Å²) >= 11 is 0. The molecule has 142 valence electrons. The Balaban J connectivity index is 1.56. The van der Waals surface area contributed by atoms with E-state index in [0.717, 1.165) is 23.8 Å². The average molecular weight is 382 g/mol. The summed E-state index contributed by atoms with van der Waals surface area (Å²) in [6.45, 7) is 0.392. The topological polar surface area (TPSA) is 67.4 Å². The van der Waals surface area contributed by atoms with Crippen LogP contribution < -0.4 is 15.4 Å². The number of carbonyl (C=O) groups excluding carboxylic acids is 2. The van der Waals surface area contributed by atoms with Gasteiger partial charge in [-0.15, -0.1) is 0 Å². The number of hydrogen-bond acceptors (Lipinski definition) is 3. The Morgan fingerprint density at radius 2 is 1.36 bits per heavy atom. The lowest BCUT2D eigenvalue weighted by Crippen LogP contribution is -2.29. The number of halogens is 2. The molecule has 0 atom stereocenters. The smallest absolute Gasteiger partial charge is 0.314 e. The van der Waals surface area contributed by atoms with Gasteiger partial charge in [-0.1, -0.05) is 36.4 Å². The lowest BCUT2D eigenvalue weighted by Gasteiger charge is -2.09. The number of ether oxygens (including phenoxy) is 1. The van der Waals surface area contributed by atoms with Crippen LogP contribution in [0.5, 0.6) is 5.75 Å². The summed E-state index contributed by atoms with van der Waals surface area (Å²) in [5, 5.41) is 4.27. The zero-order valence-corrected chi connectivity index (χ0v) is 14.6. The molecule has 3 rings (SSSR count). The highest BCUT2D eigenvalue weighted by Crippen LogP contribution is 2.19. The molecule has 7 heteroatoms. The van der Waals surface area contributed by atoms with E-state index in [1.165, 1.54) is 0 Å². The minimum absolute atomic E-state index is 0.334. The first kappa shape index (κ1) is 19.0. The number of hydrogen-bond donors (Lipinski definition) is 2. The number of rotatable bonds is 5. The fraction of sp³-hybridized carbons (Fsp3) is 0.0476. The molecule has 0 aliphatic carbocycles. The van der Waals surface area contributed by atoms with Crippen LogP contribution in [0.25, 0.3) is 0 Å².